The fourth-order valence-electron chi connectivity index (χ4n) is 2.31. The summed E-state index contributed by atoms with van der Waals surface area (Å²) in [5, 5.41) is 2.43. The zero-order chi connectivity index (χ0) is 22.9. The normalized spacial score (nSPS) is 12.7. The molecule has 0 unspecified atom stereocenters. The zero-order valence-corrected chi connectivity index (χ0v) is 16.7. The maximum Gasteiger partial charge on any atom is 0.491 e. The lowest BCUT2D eigenvalue weighted by atomic mass is 10.1. The number of rotatable bonds is 3. The fraction of sp³-hybridized carbons (Fsp3) is 0.222. The average Bonchev–Trinajstić information content (AvgIpc) is 2.58. The Balaban J connectivity index is 2.62. The number of aryl methyl sites for hydroxylation is 2. The lowest BCUT2D eigenvalue weighted by Crippen LogP contribution is -2.34. The molecule has 0 heterocycles. The van der Waals surface area contributed by atoms with Crippen LogP contribution in [0.2, 0.25) is 10.0 Å². The van der Waals surface area contributed by atoms with Crippen molar-refractivity contribution in [1.82, 2.24) is 0 Å². The molecule has 0 bridgehead atoms. The van der Waals surface area contributed by atoms with E-state index in [1.165, 1.54) is 6.07 Å². The van der Waals surface area contributed by atoms with Crippen LogP contribution < -0.4 is 5.32 Å². The van der Waals surface area contributed by atoms with Crippen LogP contribution in [0.5, 0.6) is 0 Å². The largest absolute Gasteiger partial charge is 0.491 e. The Morgan fingerprint density at radius 2 is 1.57 bits per heavy atom. The van der Waals surface area contributed by atoms with Crippen molar-refractivity contribution in [1.29, 1.82) is 0 Å². The molecule has 0 aliphatic rings. The van der Waals surface area contributed by atoms with Gasteiger partial charge in [-0.1, -0.05) is 41.4 Å². The zero-order valence-electron chi connectivity index (χ0n) is 15.2. The summed E-state index contributed by atoms with van der Waals surface area (Å²) in [4.78, 5) is 14.0. The minimum Gasteiger partial charge on any atom is -0.395 e. The molecule has 0 radical (unpaired) electrons. The third-order valence-electron chi connectivity index (χ3n) is 3.65. The van der Waals surface area contributed by atoms with E-state index in [1.807, 2.05) is 0 Å². The van der Waals surface area contributed by atoms with Gasteiger partial charge in [-0.15, -0.1) is 0 Å². The Morgan fingerprint density at radius 3 is 2.07 bits per heavy atom. The van der Waals surface area contributed by atoms with E-state index in [1.54, 1.807) is 32.0 Å². The van der Waals surface area contributed by atoms with Crippen molar-refractivity contribution in [3.05, 3.63) is 51.5 Å². The summed E-state index contributed by atoms with van der Waals surface area (Å²) in [6.07, 6.45) is -11.2. The number of halogens is 8. The number of carbonyl (C=O) groups is 1. The van der Waals surface area contributed by atoms with Crippen LogP contribution in [0.15, 0.2) is 35.3 Å². The van der Waals surface area contributed by atoms with Crippen LogP contribution in [-0.2, 0) is 9.53 Å². The Bertz CT molecular complexity index is 983. The fourth-order valence-corrected chi connectivity index (χ4v) is 2.85. The standard InChI is InChI=1S/C18H12Cl2F6N2O2/c1-8-4-3-5-9(2)13(8)27-12-7-10(19)6-11(20)14(12)28-15(17(21,22)23)30-16(29)18(24,25)26/h3-7,27H,1-2H3. The first kappa shape index (κ1) is 23.8. The van der Waals surface area contributed by atoms with Gasteiger partial charge in [0.25, 0.3) is 0 Å². The van der Waals surface area contributed by atoms with Gasteiger partial charge in [0.2, 0.25) is 0 Å². The first-order valence-electron chi connectivity index (χ1n) is 7.97. The number of nitrogens with zero attached hydrogens (tertiary/aromatic N) is 1. The number of hydrogen-bond acceptors (Lipinski definition) is 4. The second-order valence-corrected chi connectivity index (χ2v) is 6.82. The van der Waals surface area contributed by atoms with Crippen molar-refractivity contribution in [2.45, 2.75) is 26.2 Å². The average molecular weight is 473 g/mol. The lowest BCUT2D eigenvalue weighted by molar-refractivity contribution is -0.194. The molecule has 0 amide bonds. The third kappa shape index (κ3) is 5.79. The highest BCUT2D eigenvalue weighted by Crippen LogP contribution is 2.40. The van der Waals surface area contributed by atoms with Crippen molar-refractivity contribution < 1.29 is 35.9 Å². The molecule has 162 valence electrons. The molecule has 2 aromatic carbocycles. The van der Waals surface area contributed by atoms with Crippen molar-refractivity contribution in [3.63, 3.8) is 0 Å². The predicted octanol–water partition coefficient (Wildman–Crippen LogP) is 7.05. The number of nitrogens with one attached hydrogen (secondary N) is 1. The molecule has 2 aromatic rings. The van der Waals surface area contributed by atoms with Gasteiger partial charge in [-0.3, -0.25) is 0 Å². The Labute approximate surface area is 176 Å². The molecule has 0 aliphatic carbocycles. The van der Waals surface area contributed by atoms with E-state index in [4.69, 9.17) is 23.2 Å². The Morgan fingerprint density at radius 1 is 1.00 bits per heavy atom. The van der Waals surface area contributed by atoms with Crippen molar-refractivity contribution in [2.75, 3.05) is 5.32 Å². The minimum absolute atomic E-state index is 0.0218. The highest BCUT2D eigenvalue weighted by atomic mass is 35.5. The molecule has 0 fully saturated rings. The van der Waals surface area contributed by atoms with E-state index >= 15 is 0 Å². The van der Waals surface area contributed by atoms with Crippen molar-refractivity contribution in [2.24, 2.45) is 4.99 Å². The van der Waals surface area contributed by atoms with Gasteiger partial charge in [0.15, 0.2) is 0 Å². The third-order valence-corrected chi connectivity index (χ3v) is 4.15. The molecule has 0 aliphatic heterocycles. The van der Waals surface area contributed by atoms with E-state index in [9.17, 15) is 31.1 Å². The Kier molecular flexibility index (Phi) is 6.93. The molecule has 0 saturated carbocycles. The van der Waals surface area contributed by atoms with Crippen LogP contribution in [0.3, 0.4) is 0 Å². The van der Waals surface area contributed by atoms with E-state index < -0.39 is 34.9 Å². The number of carbonyl (C=O) groups excluding carboxylic acids is 1. The molecular formula is C18H12Cl2F6N2O2. The molecule has 30 heavy (non-hydrogen) atoms. The van der Waals surface area contributed by atoms with E-state index in [0.29, 0.717) is 16.8 Å². The predicted molar refractivity (Wildman–Crippen MR) is 101 cm³/mol. The van der Waals surface area contributed by atoms with Gasteiger partial charge < -0.3 is 10.1 Å². The summed E-state index contributed by atoms with van der Waals surface area (Å²) < 4.78 is 80.1. The van der Waals surface area contributed by atoms with Crippen LogP contribution in [0, 0.1) is 13.8 Å². The Hall–Kier alpha value is -2.46. The van der Waals surface area contributed by atoms with Gasteiger partial charge in [0, 0.05) is 10.7 Å². The number of esters is 1. The summed E-state index contributed by atoms with van der Waals surface area (Å²) in [7, 11) is 0. The second-order valence-electron chi connectivity index (χ2n) is 5.98. The molecule has 1 N–H and O–H groups in total. The summed E-state index contributed by atoms with van der Waals surface area (Å²) in [5.74, 6) is -5.51. The van der Waals surface area contributed by atoms with Crippen molar-refractivity contribution in [3.8, 4) is 0 Å². The SMILES string of the molecule is Cc1cccc(C)c1Nc1cc(Cl)cc(Cl)c1N=C(OC(=O)C(F)(F)F)C(F)(F)F. The van der Waals surface area contributed by atoms with E-state index in [0.717, 1.165) is 6.07 Å². The highest BCUT2D eigenvalue weighted by molar-refractivity contribution is 6.37. The number of anilines is 2. The second kappa shape index (κ2) is 8.73. The summed E-state index contributed by atoms with van der Waals surface area (Å²) in [6.45, 7) is 3.44. The van der Waals surface area contributed by atoms with Gasteiger partial charge in [0.05, 0.1) is 10.7 Å². The summed E-state index contributed by atoms with van der Waals surface area (Å²) in [6, 6.07) is 7.40. The van der Waals surface area contributed by atoms with Crippen LogP contribution >= 0.6 is 23.2 Å². The molecule has 0 aromatic heterocycles. The monoisotopic (exact) mass is 472 g/mol. The summed E-state index contributed by atoms with van der Waals surface area (Å²) >= 11 is 11.8. The smallest absolute Gasteiger partial charge is 0.395 e. The topological polar surface area (TPSA) is 50.7 Å². The minimum atomic E-state index is -5.66. The molecule has 12 heteroatoms. The summed E-state index contributed by atoms with van der Waals surface area (Å²) in [5.41, 5.74) is 1.15. The van der Waals surface area contributed by atoms with Crippen LogP contribution in [0.1, 0.15) is 11.1 Å². The number of benzene rings is 2. The maximum absolute atomic E-state index is 13.2. The van der Waals surface area contributed by atoms with Crippen LogP contribution in [-0.4, -0.2) is 24.2 Å². The van der Waals surface area contributed by atoms with E-state index in [-0.39, 0.29) is 10.7 Å². The van der Waals surface area contributed by atoms with Gasteiger partial charge in [-0.05, 0) is 37.1 Å². The molecule has 2 rings (SSSR count). The van der Waals surface area contributed by atoms with Gasteiger partial charge in [-0.25, -0.2) is 9.79 Å². The first-order valence-corrected chi connectivity index (χ1v) is 8.73. The van der Waals surface area contributed by atoms with Gasteiger partial charge in [-0.2, -0.15) is 26.3 Å². The number of ether oxygens (including phenoxy) is 1. The van der Waals surface area contributed by atoms with Gasteiger partial charge in [0.1, 0.15) is 5.69 Å². The lowest BCUT2D eigenvalue weighted by Gasteiger charge is -2.17. The van der Waals surface area contributed by atoms with Crippen molar-refractivity contribution >= 4 is 52.1 Å². The number of para-hydroxylation sites is 1. The number of aliphatic imine (C=N–C) groups is 1. The van der Waals surface area contributed by atoms with Gasteiger partial charge >= 0.3 is 24.2 Å². The van der Waals surface area contributed by atoms with Crippen LogP contribution in [0.4, 0.5) is 43.4 Å². The molecule has 0 spiro atoms. The maximum atomic E-state index is 13.2. The molecule has 0 saturated heterocycles. The van der Waals surface area contributed by atoms with Crippen LogP contribution in [0.25, 0.3) is 0 Å². The molecule has 0 atom stereocenters. The highest BCUT2D eigenvalue weighted by Gasteiger charge is 2.48. The quantitative estimate of drug-likeness (QED) is 0.225. The molecular weight excluding hydrogens is 461 g/mol. The first-order chi connectivity index (χ1) is 13.7. The number of alkyl halides is 6. The number of hydrogen-bond donors (Lipinski definition) is 1. The van der Waals surface area contributed by atoms with E-state index in [2.05, 4.69) is 15.0 Å². The molecule has 4 nitrogen and oxygen atoms in total.